The first-order valence-electron chi connectivity index (χ1n) is 6.72. The molecule has 0 radical (unpaired) electrons. The van der Waals surface area contributed by atoms with Crippen molar-refractivity contribution in [3.05, 3.63) is 29.6 Å². The van der Waals surface area contributed by atoms with Crippen LogP contribution in [0, 0.1) is 13.8 Å². The third-order valence-corrected chi connectivity index (χ3v) is 5.38. The van der Waals surface area contributed by atoms with Crippen LogP contribution in [-0.2, 0) is 16.6 Å². The van der Waals surface area contributed by atoms with Crippen LogP contribution in [-0.4, -0.2) is 26.9 Å². The molecule has 7 nitrogen and oxygen atoms in total. The van der Waals surface area contributed by atoms with E-state index in [0.717, 1.165) is 17.4 Å². The number of nitrogens with one attached hydrogen (secondary N) is 1. The lowest BCUT2D eigenvalue weighted by Gasteiger charge is -2.09. The summed E-state index contributed by atoms with van der Waals surface area (Å²) >= 11 is 0.995. The molecule has 22 heavy (non-hydrogen) atoms. The van der Waals surface area contributed by atoms with Gasteiger partial charge in [0.15, 0.2) is 0 Å². The second kappa shape index (κ2) is 5.33. The van der Waals surface area contributed by atoms with E-state index in [2.05, 4.69) is 18.6 Å². The molecule has 0 atom stereocenters. The van der Waals surface area contributed by atoms with E-state index in [1.54, 1.807) is 23.7 Å². The standard InChI is InChI=1S/C13H15N5O2S2/c1-4-18-9(3)12(8(2)14-18)17-22(19,20)11-7-5-6-10-13(11)16-21-15-10/h5-7,17H,4H2,1-3H3. The number of sulfonamides is 1. The lowest BCUT2D eigenvalue weighted by atomic mass is 10.3. The number of aromatic nitrogens is 4. The van der Waals surface area contributed by atoms with Gasteiger partial charge in [-0.15, -0.1) is 0 Å². The largest absolute Gasteiger partial charge is 0.276 e. The van der Waals surface area contributed by atoms with Gasteiger partial charge in [-0.25, -0.2) is 8.42 Å². The maximum absolute atomic E-state index is 12.7. The van der Waals surface area contributed by atoms with Crippen molar-refractivity contribution in [1.29, 1.82) is 0 Å². The first-order chi connectivity index (χ1) is 10.4. The molecule has 3 aromatic rings. The minimum Gasteiger partial charge on any atom is -0.276 e. The lowest BCUT2D eigenvalue weighted by molar-refractivity contribution is 0.601. The van der Waals surface area contributed by atoms with Gasteiger partial charge in [-0.3, -0.25) is 9.40 Å². The van der Waals surface area contributed by atoms with E-state index < -0.39 is 10.0 Å². The monoisotopic (exact) mass is 337 g/mol. The number of hydrogen-bond acceptors (Lipinski definition) is 6. The zero-order chi connectivity index (χ0) is 15.9. The number of rotatable bonds is 4. The molecule has 2 heterocycles. The molecule has 0 fully saturated rings. The summed E-state index contributed by atoms with van der Waals surface area (Å²) in [5.74, 6) is 0. The molecule has 0 saturated heterocycles. The summed E-state index contributed by atoms with van der Waals surface area (Å²) in [5, 5.41) is 4.32. The molecule has 0 amide bonds. The van der Waals surface area contributed by atoms with Gasteiger partial charge in [-0.05, 0) is 32.9 Å². The second-order valence-corrected chi connectivity index (χ2v) is 7.03. The molecule has 116 valence electrons. The topological polar surface area (TPSA) is 89.8 Å². The third-order valence-electron chi connectivity index (χ3n) is 3.46. The van der Waals surface area contributed by atoms with E-state index in [1.807, 2.05) is 13.8 Å². The molecule has 0 bridgehead atoms. The highest BCUT2D eigenvalue weighted by atomic mass is 32.2. The number of aryl methyl sites for hydroxylation is 2. The molecule has 0 aliphatic heterocycles. The van der Waals surface area contributed by atoms with Crippen LogP contribution in [0.3, 0.4) is 0 Å². The first-order valence-corrected chi connectivity index (χ1v) is 8.93. The van der Waals surface area contributed by atoms with Gasteiger partial charge in [0.05, 0.1) is 28.8 Å². The number of nitrogens with zero attached hydrogens (tertiary/aromatic N) is 4. The SMILES string of the molecule is CCn1nc(C)c(NS(=O)(=O)c2cccc3nsnc23)c1C. The van der Waals surface area contributed by atoms with Crippen LogP contribution in [0.15, 0.2) is 23.1 Å². The van der Waals surface area contributed by atoms with Gasteiger partial charge in [0.25, 0.3) is 10.0 Å². The molecular weight excluding hydrogens is 322 g/mol. The predicted octanol–water partition coefficient (Wildman–Crippen LogP) is 2.33. The molecule has 1 N–H and O–H groups in total. The summed E-state index contributed by atoms with van der Waals surface area (Å²) < 4.78 is 38.0. The number of benzene rings is 1. The Balaban J connectivity index is 2.08. The van der Waals surface area contributed by atoms with Crippen molar-refractivity contribution in [3.8, 4) is 0 Å². The zero-order valence-corrected chi connectivity index (χ0v) is 14.0. The van der Waals surface area contributed by atoms with Gasteiger partial charge in [0, 0.05) is 6.54 Å². The van der Waals surface area contributed by atoms with Crippen molar-refractivity contribution in [2.45, 2.75) is 32.2 Å². The third kappa shape index (κ3) is 2.35. The fraction of sp³-hybridized carbons (Fsp3) is 0.308. The fourth-order valence-corrected chi connectivity index (χ4v) is 4.28. The maximum Gasteiger partial charge on any atom is 0.264 e. The maximum atomic E-state index is 12.7. The van der Waals surface area contributed by atoms with E-state index in [1.165, 1.54) is 6.07 Å². The molecule has 3 rings (SSSR count). The Morgan fingerprint density at radius 1 is 1.27 bits per heavy atom. The van der Waals surface area contributed by atoms with Gasteiger partial charge < -0.3 is 0 Å². The van der Waals surface area contributed by atoms with E-state index >= 15 is 0 Å². The van der Waals surface area contributed by atoms with E-state index in [0.29, 0.717) is 29.0 Å². The molecule has 0 saturated carbocycles. The molecule has 0 unspecified atom stereocenters. The van der Waals surface area contributed by atoms with Crippen molar-refractivity contribution in [2.75, 3.05) is 4.72 Å². The van der Waals surface area contributed by atoms with Gasteiger partial charge >= 0.3 is 0 Å². The van der Waals surface area contributed by atoms with Crippen LogP contribution < -0.4 is 4.72 Å². The zero-order valence-electron chi connectivity index (χ0n) is 12.4. The van der Waals surface area contributed by atoms with Crippen molar-refractivity contribution in [3.63, 3.8) is 0 Å². The first kappa shape index (κ1) is 14.9. The molecule has 0 aliphatic carbocycles. The van der Waals surface area contributed by atoms with Crippen molar-refractivity contribution < 1.29 is 8.42 Å². The number of hydrogen-bond donors (Lipinski definition) is 1. The summed E-state index contributed by atoms with van der Waals surface area (Å²) in [6, 6.07) is 4.93. The van der Waals surface area contributed by atoms with Crippen LogP contribution >= 0.6 is 11.7 Å². The van der Waals surface area contributed by atoms with Gasteiger partial charge in [0.2, 0.25) is 0 Å². The quantitative estimate of drug-likeness (QED) is 0.789. The number of anilines is 1. The highest BCUT2D eigenvalue weighted by Crippen LogP contribution is 2.26. The molecule has 2 aromatic heterocycles. The predicted molar refractivity (Wildman–Crippen MR) is 85.6 cm³/mol. The minimum atomic E-state index is -3.75. The van der Waals surface area contributed by atoms with Gasteiger partial charge in [-0.2, -0.15) is 13.8 Å². The highest BCUT2D eigenvalue weighted by molar-refractivity contribution is 7.93. The van der Waals surface area contributed by atoms with E-state index in [-0.39, 0.29) is 4.90 Å². The van der Waals surface area contributed by atoms with Crippen LogP contribution in [0.5, 0.6) is 0 Å². The minimum absolute atomic E-state index is 0.127. The second-order valence-electron chi connectivity index (χ2n) is 4.86. The Morgan fingerprint density at radius 3 is 2.73 bits per heavy atom. The van der Waals surface area contributed by atoms with Crippen LogP contribution in [0.1, 0.15) is 18.3 Å². The van der Waals surface area contributed by atoms with Crippen molar-refractivity contribution >= 4 is 38.5 Å². The average Bonchev–Trinajstić information content (AvgIpc) is 3.06. The Bertz CT molecular complexity index is 943. The lowest BCUT2D eigenvalue weighted by Crippen LogP contribution is -2.14. The molecule has 1 aromatic carbocycles. The number of fused-ring (bicyclic) bond motifs is 1. The summed E-state index contributed by atoms with van der Waals surface area (Å²) in [5.41, 5.74) is 2.91. The Labute approximate surface area is 132 Å². The normalized spacial score (nSPS) is 12.0. The van der Waals surface area contributed by atoms with E-state index in [4.69, 9.17) is 0 Å². The summed E-state index contributed by atoms with van der Waals surface area (Å²) in [6.07, 6.45) is 0. The summed E-state index contributed by atoms with van der Waals surface area (Å²) in [6.45, 7) is 6.26. The molecule has 0 spiro atoms. The Kier molecular flexibility index (Phi) is 3.61. The van der Waals surface area contributed by atoms with Crippen molar-refractivity contribution in [2.24, 2.45) is 0 Å². The fourth-order valence-electron chi connectivity index (χ4n) is 2.34. The van der Waals surface area contributed by atoms with Gasteiger partial charge in [0.1, 0.15) is 15.9 Å². The Hall–Kier alpha value is -2.00. The Morgan fingerprint density at radius 2 is 2.05 bits per heavy atom. The smallest absolute Gasteiger partial charge is 0.264 e. The summed E-state index contributed by atoms with van der Waals surface area (Å²) in [7, 11) is -3.75. The van der Waals surface area contributed by atoms with Crippen LogP contribution in [0.4, 0.5) is 5.69 Å². The molecule has 0 aliphatic rings. The van der Waals surface area contributed by atoms with E-state index in [9.17, 15) is 8.42 Å². The average molecular weight is 337 g/mol. The molecule has 9 heteroatoms. The summed E-state index contributed by atoms with van der Waals surface area (Å²) in [4.78, 5) is 0.127. The van der Waals surface area contributed by atoms with Crippen LogP contribution in [0.2, 0.25) is 0 Å². The van der Waals surface area contributed by atoms with Crippen molar-refractivity contribution in [1.82, 2.24) is 18.5 Å². The molecular formula is C13H15N5O2S2. The van der Waals surface area contributed by atoms with Gasteiger partial charge in [-0.1, -0.05) is 6.07 Å². The highest BCUT2D eigenvalue weighted by Gasteiger charge is 2.23. The van der Waals surface area contributed by atoms with Crippen LogP contribution in [0.25, 0.3) is 11.0 Å².